The van der Waals surface area contributed by atoms with Gasteiger partial charge in [0.15, 0.2) is 0 Å². The Morgan fingerprint density at radius 1 is 1.50 bits per heavy atom. The zero-order valence-corrected chi connectivity index (χ0v) is 12.0. The minimum Gasteiger partial charge on any atom is -0.481 e. The molecule has 1 N–H and O–H groups in total. The lowest BCUT2D eigenvalue weighted by Crippen LogP contribution is -2.34. The summed E-state index contributed by atoms with van der Waals surface area (Å²) in [4.78, 5) is 21.7. The van der Waals surface area contributed by atoms with Crippen molar-refractivity contribution >= 4 is 11.8 Å². The molecule has 1 aliphatic heterocycles. The molecule has 1 aromatic rings. The Hall–Kier alpha value is -1.85. The van der Waals surface area contributed by atoms with Gasteiger partial charge in [-0.05, 0) is 19.3 Å². The topological polar surface area (TPSA) is 75.5 Å². The van der Waals surface area contributed by atoms with Crippen molar-refractivity contribution in [3.05, 3.63) is 12.4 Å². The van der Waals surface area contributed by atoms with Gasteiger partial charge < -0.3 is 14.7 Å². The van der Waals surface area contributed by atoms with Crippen molar-refractivity contribution in [2.45, 2.75) is 33.1 Å². The average molecular weight is 279 g/mol. The van der Waals surface area contributed by atoms with Crippen LogP contribution in [0, 0.1) is 5.41 Å². The maximum Gasteiger partial charge on any atom is 0.311 e. The van der Waals surface area contributed by atoms with Crippen molar-refractivity contribution in [2.24, 2.45) is 5.41 Å². The molecule has 1 aliphatic rings. The fraction of sp³-hybridized carbons (Fsp3) is 0.643. The van der Waals surface area contributed by atoms with E-state index >= 15 is 0 Å². The molecular formula is C14H21N3O3. The number of anilines is 1. The van der Waals surface area contributed by atoms with Crippen LogP contribution in [0.15, 0.2) is 12.4 Å². The molecule has 0 amide bonds. The van der Waals surface area contributed by atoms with E-state index in [9.17, 15) is 9.90 Å². The molecule has 1 unspecified atom stereocenters. The summed E-state index contributed by atoms with van der Waals surface area (Å²) >= 11 is 0. The maximum absolute atomic E-state index is 11.5. The second kappa shape index (κ2) is 6.07. The Kier molecular flexibility index (Phi) is 4.42. The van der Waals surface area contributed by atoms with Crippen LogP contribution in [0.4, 0.5) is 5.82 Å². The Morgan fingerprint density at radius 2 is 2.30 bits per heavy atom. The molecule has 110 valence electrons. The van der Waals surface area contributed by atoms with Crippen molar-refractivity contribution in [3.63, 3.8) is 0 Å². The fourth-order valence-electron chi connectivity index (χ4n) is 2.47. The van der Waals surface area contributed by atoms with E-state index in [2.05, 4.69) is 9.97 Å². The van der Waals surface area contributed by atoms with Crippen molar-refractivity contribution in [3.8, 4) is 5.88 Å². The first-order chi connectivity index (χ1) is 9.61. The Morgan fingerprint density at radius 3 is 2.90 bits per heavy atom. The summed E-state index contributed by atoms with van der Waals surface area (Å²) in [6.07, 6.45) is 3.66. The molecule has 20 heavy (non-hydrogen) atoms. The lowest BCUT2D eigenvalue weighted by molar-refractivity contribution is -0.147. The molecule has 1 aromatic heterocycles. The van der Waals surface area contributed by atoms with E-state index in [0.29, 0.717) is 38.4 Å². The first-order valence-electron chi connectivity index (χ1n) is 7.04. The predicted octanol–water partition coefficient (Wildman–Crippen LogP) is 1.96. The number of carboxylic acids is 1. The number of ether oxygens (including phenoxy) is 1. The standard InChI is InChI=1S/C14H21N3O3/c1-3-7-20-12-8-11(15-10-16-12)17-6-5-14(4-2,9-17)13(18)19/h8,10H,3-7,9H2,1-2H3,(H,18,19). The highest BCUT2D eigenvalue weighted by molar-refractivity contribution is 5.76. The highest BCUT2D eigenvalue weighted by Gasteiger charge is 2.43. The number of rotatable bonds is 6. The fourth-order valence-corrected chi connectivity index (χ4v) is 2.47. The van der Waals surface area contributed by atoms with Gasteiger partial charge in [-0.1, -0.05) is 13.8 Å². The first-order valence-corrected chi connectivity index (χ1v) is 7.04. The van der Waals surface area contributed by atoms with E-state index in [1.807, 2.05) is 18.7 Å². The summed E-state index contributed by atoms with van der Waals surface area (Å²) in [5, 5.41) is 9.42. The van der Waals surface area contributed by atoms with Gasteiger partial charge >= 0.3 is 5.97 Å². The van der Waals surface area contributed by atoms with E-state index < -0.39 is 11.4 Å². The SMILES string of the molecule is CCCOc1cc(N2CCC(CC)(C(=O)O)C2)ncn1. The zero-order valence-electron chi connectivity index (χ0n) is 12.0. The number of aromatic nitrogens is 2. The normalized spacial score (nSPS) is 22.0. The predicted molar refractivity (Wildman–Crippen MR) is 75.0 cm³/mol. The molecule has 0 bridgehead atoms. The van der Waals surface area contributed by atoms with Gasteiger partial charge in [0.05, 0.1) is 12.0 Å². The summed E-state index contributed by atoms with van der Waals surface area (Å²) < 4.78 is 5.49. The summed E-state index contributed by atoms with van der Waals surface area (Å²) in [5.74, 6) is 0.558. The molecule has 1 fully saturated rings. The molecule has 2 rings (SSSR count). The van der Waals surface area contributed by atoms with Gasteiger partial charge in [0.2, 0.25) is 5.88 Å². The van der Waals surface area contributed by atoms with E-state index in [1.54, 1.807) is 6.07 Å². The number of nitrogens with zero attached hydrogens (tertiary/aromatic N) is 3. The zero-order chi connectivity index (χ0) is 14.6. The van der Waals surface area contributed by atoms with Crippen molar-refractivity contribution < 1.29 is 14.6 Å². The van der Waals surface area contributed by atoms with E-state index in [-0.39, 0.29) is 0 Å². The number of hydrogen-bond acceptors (Lipinski definition) is 5. The molecule has 0 saturated carbocycles. The van der Waals surface area contributed by atoms with Crippen molar-refractivity contribution in [2.75, 3.05) is 24.6 Å². The van der Waals surface area contributed by atoms with E-state index in [1.165, 1.54) is 6.33 Å². The highest BCUT2D eigenvalue weighted by atomic mass is 16.5. The van der Waals surface area contributed by atoms with Gasteiger partial charge in [0.1, 0.15) is 12.1 Å². The number of carbonyl (C=O) groups is 1. The third-order valence-corrected chi connectivity index (χ3v) is 3.89. The molecule has 2 heterocycles. The molecule has 0 aromatic carbocycles. The van der Waals surface area contributed by atoms with Crippen LogP contribution in [-0.4, -0.2) is 40.7 Å². The third kappa shape index (κ3) is 2.84. The van der Waals surface area contributed by atoms with Gasteiger partial charge in [-0.2, -0.15) is 0 Å². The lowest BCUT2D eigenvalue weighted by Gasteiger charge is -2.23. The average Bonchev–Trinajstić information content (AvgIpc) is 2.91. The van der Waals surface area contributed by atoms with Crippen LogP contribution in [0.1, 0.15) is 33.1 Å². The first kappa shape index (κ1) is 14.6. The Labute approximate surface area is 118 Å². The second-order valence-corrected chi connectivity index (χ2v) is 5.17. The molecule has 0 radical (unpaired) electrons. The molecule has 1 atom stereocenters. The number of hydrogen-bond donors (Lipinski definition) is 1. The number of aliphatic carboxylic acids is 1. The summed E-state index contributed by atoms with van der Waals surface area (Å²) in [5.41, 5.74) is -0.657. The van der Waals surface area contributed by atoms with Crippen molar-refractivity contribution in [1.82, 2.24) is 9.97 Å². The van der Waals surface area contributed by atoms with Crippen molar-refractivity contribution in [1.29, 1.82) is 0 Å². The smallest absolute Gasteiger partial charge is 0.311 e. The molecule has 1 saturated heterocycles. The molecule has 6 nitrogen and oxygen atoms in total. The van der Waals surface area contributed by atoms with Crippen LogP contribution in [0.25, 0.3) is 0 Å². The van der Waals surface area contributed by atoms with Crippen LogP contribution in [0.2, 0.25) is 0 Å². The van der Waals surface area contributed by atoms with Gasteiger partial charge in [0, 0.05) is 19.2 Å². The third-order valence-electron chi connectivity index (χ3n) is 3.89. The largest absolute Gasteiger partial charge is 0.481 e. The second-order valence-electron chi connectivity index (χ2n) is 5.17. The van der Waals surface area contributed by atoms with Crippen LogP contribution in [-0.2, 0) is 4.79 Å². The summed E-state index contributed by atoms with van der Waals surface area (Å²) in [6.45, 7) is 5.76. The quantitative estimate of drug-likeness (QED) is 0.858. The maximum atomic E-state index is 11.5. The summed E-state index contributed by atoms with van der Waals surface area (Å²) in [6, 6.07) is 1.78. The van der Waals surface area contributed by atoms with Gasteiger partial charge in [-0.3, -0.25) is 4.79 Å². The van der Waals surface area contributed by atoms with Crippen LogP contribution in [0.3, 0.4) is 0 Å². The molecule has 6 heteroatoms. The Balaban J connectivity index is 2.11. The van der Waals surface area contributed by atoms with Gasteiger partial charge in [0.25, 0.3) is 0 Å². The van der Waals surface area contributed by atoms with Crippen LogP contribution < -0.4 is 9.64 Å². The monoisotopic (exact) mass is 279 g/mol. The number of carboxylic acid groups (broad SMARTS) is 1. The highest BCUT2D eigenvalue weighted by Crippen LogP contribution is 2.36. The lowest BCUT2D eigenvalue weighted by atomic mass is 9.84. The van der Waals surface area contributed by atoms with Crippen LogP contribution in [0.5, 0.6) is 5.88 Å². The van der Waals surface area contributed by atoms with Crippen LogP contribution >= 0.6 is 0 Å². The van der Waals surface area contributed by atoms with Gasteiger partial charge in [-0.25, -0.2) is 9.97 Å². The van der Waals surface area contributed by atoms with E-state index in [4.69, 9.17) is 4.74 Å². The Bertz CT molecular complexity index is 480. The minimum atomic E-state index is -0.723. The molecule has 0 aliphatic carbocycles. The van der Waals surface area contributed by atoms with Gasteiger partial charge in [-0.15, -0.1) is 0 Å². The van der Waals surface area contributed by atoms with E-state index in [0.717, 1.165) is 12.2 Å². The minimum absolute atomic E-state index is 0.489. The molecule has 0 spiro atoms. The molecular weight excluding hydrogens is 258 g/mol. The summed E-state index contributed by atoms with van der Waals surface area (Å²) in [7, 11) is 0.